The summed E-state index contributed by atoms with van der Waals surface area (Å²) < 4.78 is 26.7. The largest absolute Gasteiger partial charge is 0.465 e. The van der Waals surface area contributed by atoms with Crippen molar-refractivity contribution in [3.05, 3.63) is 84.1 Å². The second kappa shape index (κ2) is 10.5. The van der Waals surface area contributed by atoms with Crippen molar-refractivity contribution in [1.29, 1.82) is 0 Å². The molecule has 0 atom stereocenters. The van der Waals surface area contributed by atoms with Gasteiger partial charge in [-0.15, -0.1) is 0 Å². The summed E-state index contributed by atoms with van der Waals surface area (Å²) in [6.45, 7) is 0.822. The molecule has 5 rings (SSSR count). The van der Waals surface area contributed by atoms with Gasteiger partial charge in [0.25, 0.3) is 0 Å². The summed E-state index contributed by atoms with van der Waals surface area (Å²) in [7, 11) is 0.605. The van der Waals surface area contributed by atoms with E-state index >= 15 is 0 Å². The molecule has 2 amide bonds. The minimum atomic E-state index is -2.64. The fourth-order valence-electron chi connectivity index (χ4n) is 4.58. The van der Waals surface area contributed by atoms with E-state index in [4.69, 9.17) is 4.74 Å². The number of rotatable bonds is 5. The number of nitrogens with zero attached hydrogens (tertiary/aromatic N) is 4. The van der Waals surface area contributed by atoms with Gasteiger partial charge in [0.2, 0.25) is 0 Å². The molecular weight excluding hydrogens is 504 g/mol. The number of fused-ring (bicyclic) bond motifs is 1. The van der Waals surface area contributed by atoms with Crippen LogP contribution in [0.25, 0.3) is 22.0 Å². The molecular formula is C28H30N4O5S. The molecule has 1 aromatic heterocycles. The number of aromatic nitrogens is 2. The normalized spacial score (nSPS) is 15.7. The van der Waals surface area contributed by atoms with Gasteiger partial charge in [-0.05, 0) is 47.0 Å². The van der Waals surface area contributed by atoms with Crippen LogP contribution < -0.4 is 4.90 Å². The van der Waals surface area contributed by atoms with Crippen molar-refractivity contribution in [2.24, 2.45) is 7.05 Å². The number of hydrogen-bond donors (Lipinski definition) is 2. The molecule has 0 aliphatic carbocycles. The molecule has 1 fully saturated rings. The molecule has 9 nitrogen and oxygen atoms in total. The molecule has 10 heteroatoms. The van der Waals surface area contributed by atoms with Crippen LogP contribution in [0.2, 0.25) is 0 Å². The van der Waals surface area contributed by atoms with Crippen molar-refractivity contribution >= 4 is 39.2 Å². The van der Waals surface area contributed by atoms with Crippen LogP contribution in [0.15, 0.2) is 72.9 Å². The van der Waals surface area contributed by atoms with Gasteiger partial charge >= 0.3 is 12.0 Å². The van der Waals surface area contributed by atoms with Crippen molar-refractivity contribution in [3.8, 4) is 11.1 Å². The number of ether oxygens (including phenoxy) is 1. The van der Waals surface area contributed by atoms with Crippen LogP contribution in [-0.2, 0) is 18.3 Å². The minimum absolute atomic E-state index is 0.172. The highest BCUT2D eigenvalue weighted by Crippen LogP contribution is 2.40. The monoisotopic (exact) mass is 534 g/mol. The van der Waals surface area contributed by atoms with Gasteiger partial charge in [-0.25, -0.2) is 9.59 Å². The summed E-state index contributed by atoms with van der Waals surface area (Å²) in [5, 5.41) is 5.38. The predicted octanol–water partition coefficient (Wildman–Crippen LogP) is 5.22. The Bertz CT molecular complexity index is 1470. The van der Waals surface area contributed by atoms with Crippen LogP contribution >= 0.6 is 10.6 Å². The minimum Gasteiger partial charge on any atom is -0.465 e. The lowest BCUT2D eigenvalue weighted by Crippen LogP contribution is -2.48. The third kappa shape index (κ3) is 5.38. The number of aryl methyl sites for hydroxylation is 1. The fraction of sp³-hybridized carbons (Fsp3) is 0.250. The van der Waals surface area contributed by atoms with E-state index in [-0.39, 0.29) is 37.2 Å². The molecule has 2 heterocycles. The molecule has 4 aromatic rings. The molecule has 198 valence electrons. The zero-order valence-corrected chi connectivity index (χ0v) is 22.1. The zero-order chi connectivity index (χ0) is 26.9. The molecule has 1 aliphatic rings. The van der Waals surface area contributed by atoms with Gasteiger partial charge in [-0.1, -0.05) is 36.4 Å². The average Bonchev–Trinajstić information content (AvgIpc) is 3.31. The molecule has 1 saturated heterocycles. The second-order valence-corrected chi connectivity index (χ2v) is 11.8. The third-order valence-electron chi connectivity index (χ3n) is 6.83. The number of esters is 1. The summed E-state index contributed by atoms with van der Waals surface area (Å²) in [5.41, 5.74) is 4.96. The Hall–Kier alpha value is -3.86. The molecule has 0 spiro atoms. The lowest BCUT2D eigenvalue weighted by molar-refractivity contribution is 0.0600. The highest BCUT2D eigenvalue weighted by molar-refractivity contribution is 8.24. The Morgan fingerprint density at radius 3 is 2.42 bits per heavy atom. The number of hydrogen-bond acceptors (Lipinski definition) is 6. The maximum Gasteiger partial charge on any atom is 0.337 e. The van der Waals surface area contributed by atoms with E-state index in [1.165, 1.54) is 7.11 Å². The molecule has 0 saturated carbocycles. The molecule has 0 bridgehead atoms. The third-order valence-corrected chi connectivity index (χ3v) is 8.51. The van der Waals surface area contributed by atoms with Crippen molar-refractivity contribution in [1.82, 2.24) is 14.7 Å². The molecule has 0 unspecified atom stereocenters. The van der Waals surface area contributed by atoms with Crippen molar-refractivity contribution in [2.75, 3.05) is 36.6 Å². The average molecular weight is 535 g/mol. The Morgan fingerprint density at radius 2 is 1.71 bits per heavy atom. The first-order chi connectivity index (χ1) is 18.2. The van der Waals surface area contributed by atoms with E-state index in [0.717, 1.165) is 27.6 Å². The molecule has 1 aliphatic heterocycles. The number of benzene rings is 3. The van der Waals surface area contributed by atoms with Gasteiger partial charge < -0.3 is 9.64 Å². The van der Waals surface area contributed by atoms with E-state index in [9.17, 15) is 18.7 Å². The predicted molar refractivity (Wildman–Crippen MR) is 150 cm³/mol. The Balaban J connectivity index is 1.48. The standard InChI is InChI=1S/C28H30N4O5S/c1-30-26-17-23(10-11-24(26)18-29-30)22-4-3-5-25(16-22)32(28(34)31-12-14-38(35,36)15-13-31)19-20-6-8-21(9-7-20)27(33)37-2/h3-11,16-18,35-36H,12-15,19H2,1-2H3. The molecule has 0 radical (unpaired) electrons. The van der Waals surface area contributed by atoms with Crippen LogP contribution in [0, 0.1) is 0 Å². The SMILES string of the molecule is COC(=O)c1ccc(CN(C(=O)N2CCS(O)(O)CC2)c2cccc(-c3ccc4cnn(C)c4c3)c2)cc1. The first kappa shape index (κ1) is 25.8. The Kier molecular flexibility index (Phi) is 7.11. The number of amides is 2. The quantitative estimate of drug-likeness (QED) is 0.340. The summed E-state index contributed by atoms with van der Waals surface area (Å²) in [6, 6.07) is 20.7. The van der Waals surface area contributed by atoms with Crippen molar-refractivity contribution in [3.63, 3.8) is 0 Å². The molecule has 38 heavy (non-hydrogen) atoms. The topological polar surface area (TPSA) is 108 Å². The number of anilines is 1. The van der Waals surface area contributed by atoms with Gasteiger partial charge in [0.15, 0.2) is 0 Å². The van der Waals surface area contributed by atoms with Crippen LogP contribution in [0.5, 0.6) is 0 Å². The summed E-state index contributed by atoms with van der Waals surface area (Å²) >= 11 is 0. The van der Waals surface area contributed by atoms with Crippen LogP contribution in [0.4, 0.5) is 10.5 Å². The van der Waals surface area contributed by atoms with Crippen molar-refractivity contribution < 1.29 is 23.4 Å². The first-order valence-electron chi connectivity index (χ1n) is 12.2. The van der Waals surface area contributed by atoms with E-state index < -0.39 is 16.6 Å². The van der Waals surface area contributed by atoms with Gasteiger partial charge in [-0.2, -0.15) is 15.7 Å². The summed E-state index contributed by atoms with van der Waals surface area (Å²) in [5.74, 6) is -0.0778. The lowest BCUT2D eigenvalue weighted by atomic mass is 10.0. The Morgan fingerprint density at radius 1 is 1.00 bits per heavy atom. The van der Waals surface area contributed by atoms with Crippen molar-refractivity contribution in [2.45, 2.75) is 6.54 Å². The lowest BCUT2D eigenvalue weighted by Gasteiger charge is -2.42. The number of methoxy groups -OCH3 is 1. The smallest absolute Gasteiger partial charge is 0.337 e. The highest BCUT2D eigenvalue weighted by Gasteiger charge is 2.29. The molecule has 2 N–H and O–H groups in total. The Labute approximate surface area is 222 Å². The fourth-order valence-corrected chi connectivity index (χ4v) is 5.81. The van der Waals surface area contributed by atoms with Gasteiger partial charge in [-0.3, -0.25) is 18.7 Å². The maximum atomic E-state index is 13.8. The van der Waals surface area contributed by atoms with E-state index in [1.807, 2.05) is 54.3 Å². The van der Waals surface area contributed by atoms with Crippen LogP contribution in [-0.4, -0.2) is 67.5 Å². The highest BCUT2D eigenvalue weighted by atomic mass is 32.3. The van der Waals surface area contributed by atoms with E-state index in [0.29, 0.717) is 11.3 Å². The van der Waals surface area contributed by atoms with E-state index in [2.05, 4.69) is 11.2 Å². The zero-order valence-electron chi connectivity index (χ0n) is 21.3. The summed E-state index contributed by atoms with van der Waals surface area (Å²) in [4.78, 5) is 29.0. The number of carbonyl (C=O) groups excluding carboxylic acids is 2. The number of carbonyl (C=O) groups is 2. The van der Waals surface area contributed by atoms with Gasteiger partial charge in [0.1, 0.15) is 0 Å². The second-order valence-electron chi connectivity index (χ2n) is 9.35. The first-order valence-corrected chi connectivity index (χ1v) is 14.1. The maximum absolute atomic E-state index is 13.8. The van der Waals surface area contributed by atoms with Gasteiger partial charge in [0.05, 0.1) is 42.4 Å². The van der Waals surface area contributed by atoms with Crippen LogP contribution in [0.3, 0.4) is 0 Å². The molecule has 3 aromatic carbocycles. The van der Waals surface area contributed by atoms with E-state index in [1.54, 1.807) is 34.1 Å². The van der Waals surface area contributed by atoms with Crippen LogP contribution in [0.1, 0.15) is 15.9 Å². The summed E-state index contributed by atoms with van der Waals surface area (Å²) in [6.07, 6.45) is 1.83. The van der Waals surface area contributed by atoms with Gasteiger partial charge in [0, 0.05) is 31.2 Å². The number of urea groups is 1.